The van der Waals surface area contributed by atoms with Crippen molar-refractivity contribution in [1.82, 2.24) is 4.57 Å². The third kappa shape index (κ3) is 4.50. The summed E-state index contributed by atoms with van der Waals surface area (Å²) in [6.07, 6.45) is 0. The molecule has 0 saturated carbocycles. The van der Waals surface area contributed by atoms with Crippen molar-refractivity contribution in [3.63, 3.8) is 0 Å². The first-order chi connectivity index (χ1) is 27.3. The fraction of sp³-hybridized carbons (Fsp3) is 0.111. The summed E-state index contributed by atoms with van der Waals surface area (Å²) in [6, 6.07) is 67.5. The van der Waals surface area contributed by atoms with Gasteiger partial charge in [-0.25, -0.2) is 0 Å². The van der Waals surface area contributed by atoms with Gasteiger partial charge in [0.2, 0.25) is 0 Å². The van der Waals surface area contributed by atoms with Gasteiger partial charge in [0, 0.05) is 44.1 Å². The van der Waals surface area contributed by atoms with Crippen LogP contribution in [0.3, 0.4) is 0 Å². The number of rotatable bonds is 5. The number of benzene rings is 8. The van der Waals surface area contributed by atoms with Crippen LogP contribution in [0.4, 0.5) is 17.1 Å². The van der Waals surface area contributed by atoms with Gasteiger partial charge < -0.3 is 9.47 Å². The predicted octanol–water partition coefficient (Wildman–Crippen LogP) is 14.5. The number of fused-ring (bicyclic) bond motifs is 9. The van der Waals surface area contributed by atoms with E-state index in [1.54, 1.807) is 0 Å². The van der Waals surface area contributed by atoms with Crippen LogP contribution in [0.25, 0.3) is 60.9 Å². The van der Waals surface area contributed by atoms with Crippen molar-refractivity contribution >= 4 is 38.9 Å². The highest BCUT2D eigenvalue weighted by Crippen LogP contribution is 2.56. The first kappa shape index (κ1) is 32.8. The molecule has 2 aliphatic carbocycles. The Morgan fingerprint density at radius 2 is 0.946 bits per heavy atom. The lowest BCUT2D eigenvalue weighted by Gasteiger charge is -2.31. The van der Waals surface area contributed by atoms with Crippen LogP contribution < -0.4 is 4.90 Å². The molecule has 268 valence electrons. The molecule has 0 fully saturated rings. The Hall–Kier alpha value is -6.64. The number of aromatic nitrogens is 1. The van der Waals surface area contributed by atoms with Gasteiger partial charge in [0.05, 0.1) is 22.4 Å². The smallest absolute Gasteiger partial charge is 0.0547 e. The molecule has 2 nitrogen and oxygen atoms in total. The molecule has 0 N–H and O–H groups in total. The Labute approximate surface area is 328 Å². The fourth-order valence-electron chi connectivity index (χ4n) is 10.2. The standard InChI is InChI=1S/C54H42N2/c1-53(2)43-25-12-8-20-37(43)42-34-36(32-33-45(42)53)56(50-31-17-27-46-52(50)40-22-9-13-26-44(40)54(46,3)4)47-28-14-10-21-38(47)39-24-16-30-49-51(39)41-23-11-15-29-48(41)55(49)35-18-6-5-7-19-35/h5-34H,1-4H3. The first-order valence-corrected chi connectivity index (χ1v) is 19.8. The van der Waals surface area contributed by atoms with Crippen molar-refractivity contribution in [3.8, 4) is 39.1 Å². The second-order valence-corrected chi connectivity index (χ2v) is 16.5. The van der Waals surface area contributed by atoms with E-state index >= 15 is 0 Å². The number of hydrogen-bond donors (Lipinski definition) is 0. The van der Waals surface area contributed by atoms with Crippen LogP contribution in [0.2, 0.25) is 0 Å². The van der Waals surface area contributed by atoms with Crippen molar-refractivity contribution in [2.24, 2.45) is 0 Å². The minimum Gasteiger partial charge on any atom is -0.309 e. The lowest BCUT2D eigenvalue weighted by molar-refractivity contribution is 0.660. The summed E-state index contributed by atoms with van der Waals surface area (Å²) < 4.78 is 2.41. The van der Waals surface area contributed by atoms with Crippen molar-refractivity contribution in [2.45, 2.75) is 38.5 Å². The largest absolute Gasteiger partial charge is 0.309 e. The number of anilines is 3. The molecule has 0 bridgehead atoms. The Balaban J connectivity index is 1.22. The van der Waals surface area contributed by atoms with E-state index in [0.717, 1.165) is 17.1 Å². The van der Waals surface area contributed by atoms with E-state index in [1.807, 2.05) is 0 Å². The maximum absolute atomic E-state index is 2.55. The molecule has 2 aliphatic rings. The van der Waals surface area contributed by atoms with Crippen molar-refractivity contribution in [3.05, 3.63) is 204 Å². The number of hydrogen-bond acceptors (Lipinski definition) is 1. The lowest BCUT2D eigenvalue weighted by Crippen LogP contribution is -2.17. The zero-order chi connectivity index (χ0) is 37.8. The average molecular weight is 719 g/mol. The summed E-state index contributed by atoms with van der Waals surface area (Å²) in [7, 11) is 0. The molecule has 11 rings (SSSR count). The molecule has 0 radical (unpaired) electrons. The Morgan fingerprint density at radius 3 is 1.77 bits per heavy atom. The normalized spacial score (nSPS) is 14.4. The van der Waals surface area contributed by atoms with Gasteiger partial charge in [-0.05, 0) is 93.0 Å². The molecule has 1 heterocycles. The monoisotopic (exact) mass is 718 g/mol. The Bertz CT molecular complexity index is 3030. The maximum Gasteiger partial charge on any atom is 0.0547 e. The highest BCUT2D eigenvalue weighted by atomic mass is 15.1. The average Bonchev–Trinajstić information content (AvgIpc) is 3.79. The summed E-state index contributed by atoms with van der Waals surface area (Å²) in [4.78, 5) is 2.55. The summed E-state index contributed by atoms with van der Waals surface area (Å²) in [6.45, 7) is 9.47. The Morgan fingerprint density at radius 1 is 0.393 bits per heavy atom. The van der Waals surface area contributed by atoms with Gasteiger partial charge in [-0.2, -0.15) is 0 Å². The van der Waals surface area contributed by atoms with Crippen LogP contribution in [0, 0.1) is 0 Å². The first-order valence-electron chi connectivity index (χ1n) is 19.8. The highest BCUT2D eigenvalue weighted by Gasteiger charge is 2.39. The molecule has 0 unspecified atom stereocenters. The molecule has 9 aromatic rings. The van der Waals surface area contributed by atoms with E-state index < -0.39 is 0 Å². The van der Waals surface area contributed by atoms with E-state index in [2.05, 4.69) is 219 Å². The minimum absolute atomic E-state index is 0.0766. The van der Waals surface area contributed by atoms with Gasteiger partial charge in [0.15, 0.2) is 0 Å². The minimum atomic E-state index is -0.126. The maximum atomic E-state index is 2.55. The molecule has 8 aromatic carbocycles. The molecule has 0 spiro atoms. The van der Waals surface area contributed by atoms with E-state index in [1.165, 1.54) is 83.1 Å². The van der Waals surface area contributed by atoms with Crippen LogP contribution >= 0.6 is 0 Å². The molecule has 2 heteroatoms. The second kappa shape index (κ2) is 11.9. The van der Waals surface area contributed by atoms with Crippen LogP contribution in [-0.4, -0.2) is 4.57 Å². The van der Waals surface area contributed by atoms with E-state index in [9.17, 15) is 0 Å². The van der Waals surface area contributed by atoms with Crippen molar-refractivity contribution in [1.29, 1.82) is 0 Å². The van der Waals surface area contributed by atoms with E-state index in [-0.39, 0.29) is 10.8 Å². The van der Waals surface area contributed by atoms with E-state index in [4.69, 9.17) is 0 Å². The molecule has 1 aromatic heterocycles. The van der Waals surface area contributed by atoms with E-state index in [0.29, 0.717) is 0 Å². The van der Waals surface area contributed by atoms with Gasteiger partial charge in [-0.3, -0.25) is 0 Å². The van der Waals surface area contributed by atoms with Gasteiger partial charge in [-0.15, -0.1) is 0 Å². The van der Waals surface area contributed by atoms with Crippen LogP contribution in [0.1, 0.15) is 49.9 Å². The molecule has 56 heavy (non-hydrogen) atoms. The SMILES string of the molecule is CC1(C)c2ccccc2-c2cc(N(c3ccccc3-c3cccc4c3c3ccccc3n4-c3ccccc3)c3cccc4c3-c3ccccc3C4(C)C)ccc21. The van der Waals surface area contributed by atoms with Crippen molar-refractivity contribution in [2.75, 3.05) is 4.90 Å². The van der Waals surface area contributed by atoms with Crippen molar-refractivity contribution < 1.29 is 0 Å². The second-order valence-electron chi connectivity index (χ2n) is 16.5. The molecule has 0 saturated heterocycles. The molecular weight excluding hydrogens is 677 g/mol. The van der Waals surface area contributed by atoms with Gasteiger partial charge in [0.25, 0.3) is 0 Å². The lowest BCUT2D eigenvalue weighted by atomic mass is 9.82. The third-order valence-corrected chi connectivity index (χ3v) is 12.8. The summed E-state index contributed by atoms with van der Waals surface area (Å²) >= 11 is 0. The van der Waals surface area contributed by atoms with Crippen LogP contribution in [-0.2, 0) is 10.8 Å². The molecule has 0 amide bonds. The summed E-state index contributed by atoms with van der Waals surface area (Å²) in [5.41, 5.74) is 20.0. The van der Waals surface area contributed by atoms with Gasteiger partial charge in [-0.1, -0.05) is 161 Å². The van der Waals surface area contributed by atoms with Gasteiger partial charge >= 0.3 is 0 Å². The predicted molar refractivity (Wildman–Crippen MR) is 236 cm³/mol. The Kier molecular flexibility index (Phi) is 6.98. The topological polar surface area (TPSA) is 8.17 Å². The quantitative estimate of drug-likeness (QED) is 0.172. The zero-order valence-electron chi connectivity index (χ0n) is 32.2. The summed E-state index contributed by atoms with van der Waals surface area (Å²) in [5.74, 6) is 0. The number of para-hydroxylation sites is 3. The summed E-state index contributed by atoms with van der Waals surface area (Å²) in [5, 5.41) is 2.50. The highest BCUT2D eigenvalue weighted by molar-refractivity contribution is 6.17. The number of nitrogens with zero attached hydrogens (tertiary/aromatic N) is 2. The van der Waals surface area contributed by atoms with Crippen LogP contribution in [0.5, 0.6) is 0 Å². The fourth-order valence-corrected chi connectivity index (χ4v) is 10.2. The van der Waals surface area contributed by atoms with Gasteiger partial charge in [0.1, 0.15) is 0 Å². The van der Waals surface area contributed by atoms with Crippen LogP contribution in [0.15, 0.2) is 182 Å². The molecular formula is C54H42N2. The molecule has 0 atom stereocenters. The zero-order valence-corrected chi connectivity index (χ0v) is 32.2. The third-order valence-electron chi connectivity index (χ3n) is 12.8. The molecule has 0 aliphatic heterocycles.